The molecule has 0 fully saturated rings. The predicted molar refractivity (Wildman–Crippen MR) is 351 cm³/mol. The van der Waals surface area contributed by atoms with Gasteiger partial charge in [0.1, 0.15) is 19.8 Å². The molecule has 0 aliphatic heterocycles. The van der Waals surface area contributed by atoms with Gasteiger partial charge in [0, 0.05) is 12.8 Å². The third-order valence-corrected chi connectivity index (χ3v) is 15.9. The minimum Gasteiger partial charge on any atom is -0.756 e. The van der Waals surface area contributed by atoms with Crippen LogP contribution in [0.1, 0.15) is 309 Å². The second-order valence-corrected chi connectivity index (χ2v) is 25.6. The minimum atomic E-state index is -4.64. The molecule has 82 heavy (non-hydrogen) atoms. The molecule has 0 saturated carbocycles. The molecule has 2 unspecified atom stereocenters. The zero-order valence-corrected chi connectivity index (χ0v) is 55.1. The molecule has 10 heteroatoms. The number of carbonyl (C=O) groups excluding carboxylic acids is 2. The van der Waals surface area contributed by atoms with Crippen molar-refractivity contribution in [1.82, 2.24) is 0 Å². The quantitative estimate of drug-likeness (QED) is 0.0195. The first-order valence-electron chi connectivity index (χ1n) is 34.3. The van der Waals surface area contributed by atoms with E-state index in [0.29, 0.717) is 17.4 Å². The van der Waals surface area contributed by atoms with Gasteiger partial charge in [0.25, 0.3) is 7.82 Å². The summed E-state index contributed by atoms with van der Waals surface area (Å²) >= 11 is 0. The van der Waals surface area contributed by atoms with Gasteiger partial charge in [0.2, 0.25) is 0 Å². The Bertz CT molecular complexity index is 1660. The summed E-state index contributed by atoms with van der Waals surface area (Å²) in [6.07, 6.45) is 85.2. The fourth-order valence-electron chi connectivity index (χ4n) is 9.66. The van der Waals surface area contributed by atoms with Gasteiger partial charge in [-0.25, -0.2) is 0 Å². The highest BCUT2D eigenvalue weighted by Gasteiger charge is 2.22. The number of likely N-dealkylation sites (N-methyl/N-ethyl adjacent to an activating group) is 1. The van der Waals surface area contributed by atoms with Crippen molar-refractivity contribution >= 4 is 19.8 Å². The number of hydrogen-bond donors (Lipinski definition) is 0. The summed E-state index contributed by atoms with van der Waals surface area (Å²) < 4.78 is 34.3. The van der Waals surface area contributed by atoms with Crippen molar-refractivity contribution in [3.05, 3.63) is 85.1 Å². The summed E-state index contributed by atoms with van der Waals surface area (Å²) in [6.45, 7) is 4.14. The van der Waals surface area contributed by atoms with Crippen LogP contribution in [0.15, 0.2) is 85.1 Å². The number of allylic oxidation sites excluding steroid dienone is 14. The zero-order chi connectivity index (χ0) is 59.8. The molecule has 0 spiro atoms. The van der Waals surface area contributed by atoms with Crippen LogP contribution in [-0.2, 0) is 32.7 Å². The van der Waals surface area contributed by atoms with Crippen molar-refractivity contribution in [2.75, 3.05) is 47.5 Å². The van der Waals surface area contributed by atoms with Gasteiger partial charge in [0.05, 0.1) is 27.7 Å². The number of nitrogens with zero attached hydrogens (tertiary/aromatic N) is 1. The molecule has 0 N–H and O–H groups in total. The Kier molecular flexibility index (Phi) is 60.6. The third-order valence-electron chi connectivity index (χ3n) is 14.9. The first kappa shape index (κ1) is 79.2. The number of unbranched alkanes of at least 4 members (excludes halogenated alkanes) is 35. The first-order valence-corrected chi connectivity index (χ1v) is 35.8. The van der Waals surface area contributed by atoms with Crippen molar-refractivity contribution in [3.63, 3.8) is 0 Å². The van der Waals surface area contributed by atoms with E-state index in [-0.39, 0.29) is 32.0 Å². The van der Waals surface area contributed by atoms with Crippen LogP contribution in [0.3, 0.4) is 0 Å². The maximum Gasteiger partial charge on any atom is 0.306 e. The highest BCUT2D eigenvalue weighted by atomic mass is 31.2. The van der Waals surface area contributed by atoms with Crippen molar-refractivity contribution in [2.24, 2.45) is 0 Å². The molecule has 0 amide bonds. The SMILES string of the molecule is CC/C=C\C/C=C\C/C=C\C/C=C\CCCCCCCCCCCCCCCCCCCCCCCCC(=O)OC(COC(=O)CCCCCCCCCC/C=C\C/C=C\C/C=C\CCCCCCC)COP(=O)([O-])OCC[N+](C)(C)C. The van der Waals surface area contributed by atoms with Crippen LogP contribution in [0, 0.1) is 0 Å². The molecule has 0 heterocycles. The zero-order valence-electron chi connectivity index (χ0n) is 54.2. The van der Waals surface area contributed by atoms with Crippen LogP contribution in [0.4, 0.5) is 0 Å². The number of rotatable bonds is 63. The second kappa shape index (κ2) is 62.7. The highest BCUT2D eigenvalue weighted by Crippen LogP contribution is 2.38. The molecule has 0 aromatic carbocycles. The molecule has 0 aromatic heterocycles. The first-order chi connectivity index (χ1) is 40.0. The Morgan fingerprint density at radius 3 is 1.04 bits per heavy atom. The van der Waals surface area contributed by atoms with Gasteiger partial charge in [-0.05, 0) is 89.9 Å². The van der Waals surface area contributed by atoms with Crippen LogP contribution >= 0.6 is 7.82 Å². The average Bonchev–Trinajstić information content (AvgIpc) is 3.45. The van der Waals surface area contributed by atoms with Crippen molar-refractivity contribution < 1.29 is 42.1 Å². The molecule has 9 nitrogen and oxygen atoms in total. The molecule has 2 atom stereocenters. The van der Waals surface area contributed by atoms with Crippen molar-refractivity contribution in [1.29, 1.82) is 0 Å². The monoisotopic (exact) mass is 1170 g/mol. The lowest BCUT2D eigenvalue weighted by Gasteiger charge is -2.28. The van der Waals surface area contributed by atoms with Crippen LogP contribution in [0.25, 0.3) is 0 Å². The van der Waals surface area contributed by atoms with E-state index in [1.807, 2.05) is 21.1 Å². The second-order valence-electron chi connectivity index (χ2n) is 24.2. The normalized spacial score (nSPS) is 13.7. The molecule has 0 radical (unpaired) electrons. The van der Waals surface area contributed by atoms with Crippen molar-refractivity contribution in [3.8, 4) is 0 Å². The smallest absolute Gasteiger partial charge is 0.306 e. The van der Waals surface area contributed by atoms with Gasteiger partial charge in [-0.3, -0.25) is 14.2 Å². The Labute approximate surface area is 507 Å². The molecule has 0 saturated heterocycles. The molecule has 476 valence electrons. The van der Waals surface area contributed by atoms with E-state index in [9.17, 15) is 19.0 Å². The molecule has 0 bridgehead atoms. The molecule has 0 aliphatic rings. The predicted octanol–water partition coefficient (Wildman–Crippen LogP) is 21.5. The Morgan fingerprint density at radius 1 is 0.390 bits per heavy atom. The topological polar surface area (TPSA) is 111 Å². The van der Waals surface area contributed by atoms with Gasteiger partial charge in [-0.2, -0.15) is 0 Å². The Hall–Kier alpha value is -2.81. The van der Waals surface area contributed by atoms with Gasteiger partial charge in [-0.1, -0.05) is 292 Å². The maximum absolute atomic E-state index is 12.9. The lowest BCUT2D eigenvalue weighted by Crippen LogP contribution is -2.37. The molecular weight excluding hydrogens is 1040 g/mol. The number of ether oxygens (including phenoxy) is 2. The van der Waals surface area contributed by atoms with Crippen LogP contribution < -0.4 is 4.89 Å². The lowest BCUT2D eigenvalue weighted by atomic mass is 10.0. The molecule has 0 aromatic rings. The summed E-state index contributed by atoms with van der Waals surface area (Å²) in [6, 6.07) is 0. The van der Waals surface area contributed by atoms with Crippen molar-refractivity contribution in [2.45, 2.75) is 315 Å². The summed E-state index contributed by atoms with van der Waals surface area (Å²) in [7, 11) is 1.17. The number of phosphoric acid groups is 1. The van der Waals surface area contributed by atoms with E-state index in [0.717, 1.165) is 89.9 Å². The van der Waals surface area contributed by atoms with Crippen LogP contribution in [-0.4, -0.2) is 70.0 Å². The summed E-state index contributed by atoms with van der Waals surface area (Å²) in [5.41, 5.74) is 0. The van der Waals surface area contributed by atoms with Gasteiger partial charge >= 0.3 is 11.9 Å². The summed E-state index contributed by atoms with van der Waals surface area (Å²) in [5.74, 6) is -0.831. The number of quaternary nitrogens is 1. The maximum atomic E-state index is 12.9. The van der Waals surface area contributed by atoms with E-state index < -0.39 is 26.5 Å². The minimum absolute atomic E-state index is 0.0332. The van der Waals surface area contributed by atoms with Crippen LogP contribution in [0.2, 0.25) is 0 Å². The fourth-order valence-corrected chi connectivity index (χ4v) is 10.4. The largest absolute Gasteiger partial charge is 0.756 e. The van der Waals surface area contributed by atoms with Gasteiger partial charge < -0.3 is 27.9 Å². The Balaban J connectivity index is 4.02. The van der Waals surface area contributed by atoms with E-state index in [4.69, 9.17) is 18.5 Å². The average molecular weight is 1170 g/mol. The standard InChI is InChI=1S/C72H130NO8P/c1-6-8-10-12-14-16-18-20-22-24-26-28-30-31-32-33-34-35-36-37-38-39-40-41-43-45-47-49-51-53-55-57-59-61-63-65-72(75)81-70(69-80-82(76,77)79-67-66-73(3,4)5)68-78-71(74)64-62-60-58-56-54-52-50-48-46-44-42-29-27-25-23-21-19-17-15-13-11-9-7-2/h8,10,14,16,19-22,25-28,42,44,70H,6-7,9,11-13,15,17-18,23-24,29-41,43,45-69H2,1-5H3/b10-8-,16-14-,21-19-,22-20-,27-25-,28-26-,44-42-. The number of esters is 2. The fraction of sp³-hybridized carbons (Fsp3) is 0.778. The van der Waals surface area contributed by atoms with E-state index in [1.165, 1.54) is 186 Å². The molecule has 0 rings (SSSR count). The van der Waals surface area contributed by atoms with Crippen LogP contribution in [0.5, 0.6) is 0 Å². The van der Waals surface area contributed by atoms with Gasteiger partial charge in [-0.15, -0.1) is 0 Å². The molecule has 0 aliphatic carbocycles. The highest BCUT2D eigenvalue weighted by molar-refractivity contribution is 7.45. The number of phosphoric ester groups is 1. The third kappa shape index (κ3) is 66.3. The van der Waals surface area contributed by atoms with E-state index in [1.54, 1.807) is 0 Å². The Morgan fingerprint density at radius 2 is 0.695 bits per heavy atom. The summed E-state index contributed by atoms with van der Waals surface area (Å²) in [5, 5.41) is 0. The molecular formula is C72H130NO8P. The van der Waals surface area contributed by atoms with E-state index in [2.05, 4.69) is 98.9 Å². The van der Waals surface area contributed by atoms with Gasteiger partial charge in [0.15, 0.2) is 6.10 Å². The lowest BCUT2D eigenvalue weighted by molar-refractivity contribution is -0.870. The number of hydrogen-bond acceptors (Lipinski definition) is 8. The summed E-state index contributed by atoms with van der Waals surface area (Å²) in [4.78, 5) is 38.0. The van der Waals surface area contributed by atoms with E-state index >= 15 is 0 Å². The number of carbonyl (C=O) groups is 2.